The molecule has 15 atom stereocenters. The highest BCUT2D eigenvalue weighted by molar-refractivity contribution is 6.00. The summed E-state index contributed by atoms with van der Waals surface area (Å²) in [5, 5.41) is 39.5. The molecule has 0 aliphatic heterocycles. The van der Waals surface area contributed by atoms with Crippen molar-refractivity contribution >= 4 is 88.6 Å². The van der Waals surface area contributed by atoms with E-state index in [1.54, 1.807) is 0 Å². The lowest BCUT2D eigenvalue weighted by Gasteiger charge is -2.29. The van der Waals surface area contributed by atoms with Crippen LogP contribution in [-0.4, -0.2) is 219 Å². The number of unbranched alkanes of at least 4 members (excludes halogenated alkanes) is 6. The van der Waals surface area contributed by atoms with Gasteiger partial charge in [-0.15, -0.1) is 0 Å². The van der Waals surface area contributed by atoms with Crippen molar-refractivity contribution in [3.8, 4) is 0 Å². The summed E-state index contributed by atoms with van der Waals surface area (Å²) in [4.78, 5) is 212. The van der Waals surface area contributed by atoms with Crippen LogP contribution in [0.3, 0.4) is 0 Å². The van der Waals surface area contributed by atoms with E-state index in [9.17, 15) is 71.9 Å². The number of carbonyl (C=O) groups excluding carboxylic acids is 15. The molecule has 0 heterocycles. The molecule has 0 aromatic heterocycles. The first kappa shape index (κ1) is 119. The Morgan fingerprint density at radius 3 is 0.559 bits per heavy atom. The monoisotopic (exact) mass is 1800 g/mol. The molecule has 37 nitrogen and oxygen atoms in total. The number of amides is 15. The van der Waals surface area contributed by atoms with Crippen LogP contribution in [0.25, 0.3) is 0 Å². The third kappa shape index (κ3) is 52.9. The van der Waals surface area contributed by atoms with Gasteiger partial charge in [-0.25, -0.2) is 0 Å². The maximum absolute atomic E-state index is 14.8. The van der Waals surface area contributed by atoms with Gasteiger partial charge in [0.2, 0.25) is 88.6 Å². The van der Waals surface area contributed by atoms with Gasteiger partial charge in [0.1, 0.15) is 78.5 Å². The molecule has 0 spiro atoms. The number of nitrogens with one attached hydrogen (secondary N) is 14. The Morgan fingerprint density at radius 1 is 0.189 bits per heavy atom. The molecule has 0 aliphatic rings. The molecule has 0 saturated carbocycles. The molecule has 15 amide bonds. The largest absolute Gasteiger partial charge is 0.368 e. The normalized spacial score (nSPS) is 15.3. The fourth-order valence-corrected chi connectivity index (χ4v) is 14.6. The van der Waals surface area contributed by atoms with Gasteiger partial charge >= 0.3 is 0 Å². The Morgan fingerprint density at radius 2 is 0.354 bits per heavy atom. The van der Waals surface area contributed by atoms with E-state index in [2.05, 4.69) is 74.4 Å². The van der Waals surface area contributed by atoms with Crippen molar-refractivity contribution in [3.05, 3.63) is 0 Å². The van der Waals surface area contributed by atoms with Crippen LogP contribution < -0.4 is 120 Å². The zero-order valence-electron chi connectivity index (χ0n) is 80.4. The molecule has 0 radical (unpaired) electrons. The van der Waals surface area contributed by atoms with E-state index < -0.39 is 179 Å². The summed E-state index contributed by atoms with van der Waals surface area (Å²) in [5.74, 6) is -10.7. The van der Waals surface area contributed by atoms with E-state index in [4.69, 9.17) is 45.9 Å². The van der Waals surface area contributed by atoms with Gasteiger partial charge in [0.25, 0.3) is 0 Å². The van der Waals surface area contributed by atoms with Crippen LogP contribution >= 0.6 is 0 Å². The average Bonchev–Trinajstić information content (AvgIpc) is 0.853. The molecule has 0 aromatic carbocycles. The summed E-state index contributed by atoms with van der Waals surface area (Å²) >= 11 is 0. The molecule has 0 saturated heterocycles. The van der Waals surface area contributed by atoms with Crippen LogP contribution in [0, 0.1) is 53.3 Å². The Kier molecular flexibility index (Phi) is 61.9. The van der Waals surface area contributed by atoms with Crippen LogP contribution in [0.4, 0.5) is 0 Å². The minimum absolute atomic E-state index is 0.00488. The van der Waals surface area contributed by atoms with E-state index in [-0.39, 0.29) is 169 Å². The molecule has 0 aliphatic carbocycles. The van der Waals surface area contributed by atoms with Gasteiger partial charge in [0.05, 0.1) is 12.1 Å². The Labute approximate surface area is 758 Å². The Bertz CT molecular complexity index is 3290. The molecule has 0 bridgehead atoms. The van der Waals surface area contributed by atoms with Crippen molar-refractivity contribution in [2.75, 3.05) is 39.3 Å². The van der Waals surface area contributed by atoms with Crippen LogP contribution in [0.15, 0.2) is 0 Å². The highest BCUT2D eigenvalue weighted by atomic mass is 16.2. The Balaban J connectivity index is 6.91. The summed E-state index contributed by atoms with van der Waals surface area (Å²) in [7, 11) is 0. The second-order valence-electron chi connectivity index (χ2n) is 38.3. The molecule has 127 heavy (non-hydrogen) atoms. The van der Waals surface area contributed by atoms with Crippen molar-refractivity contribution in [1.82, 2.24) is 74.4 Å². The molecule has 734 valence electrons. The van der Waals surface area contributed by atoms with Gasteiger partial charge in [-0.1, -0.05) is 125 Å². The van der Waals surface area contributed by atoms with Crippen LogP contribution in [-0.2, 0) is 71.9 Å². The van der Waals surface area contributed by atoms with Crippen molar-refractivity contribution in [3.63, 3.8) is 0 Å². The lowest BCUT2D eigenvalue weighted by molar-refractivity contribution is -0.136. The predicted molar refractivity (Wildman–Crippen MR) is 497 cm³/mol. The van der Waals surface area contributed by atoms with Crippen molar-refractivity contribution < 1.29 is 71.9 Å². The molecule has 0 fully saturated rings. The van der Waals surface area contributed by atoms with Crippen LogP contribution in [0.1, 0.15) is 298 Å². The van der Waals surface area contributed by atoms with E-state index in [0.29, 0.717) is 96.6 Å². The van der Waals surface area contributed by atoms with E-state index >= 15 is 0 Å². The topological polar surface area (TPSA) is 633 Å². The second kappa shape index (κ2) is 66.2. The predicted octanol–water partition coefficient (Wildman–Crippen LogP) is 1.78. The van der Waals surface area contributed by atoms with Gasteiger partial charge in [-0.3, -0.25) is 71.9 Å². The fraction of sp³-hybridized carbons (Fsp3) is 0.833. The quantitative estimate of drug-likeness (QED) is 0.0386. The molecular weight excluding hydrogens is 1630 g/mol. The minimum Gasteiger partial charge on any atom is -0.368 e. The third-order valence-corrected chi connectivity index (χ3v) is 21.3. The standard InChI is InChI=1S/C90H174N22O15/c1-52(2)43-62(97)78(115)101-64(33-20-26-38-92)82(119)108-73(49-58(13)14)88(125)106-69(45-54(5)6)79(116)99-42-30-24-31-61(96)77(114)100-63(32-19-25-37-91)81(118)109-74(50-59(15)16)89(126)111-70(46-55(7)8)85(122)103-65(34-21-27-39-93)80(117)102-66(35-22-28-40-94)83(120)110-75(51-60(17)18)90(127)112-71(47-56(9)10)86(123)104-67(36-23-29-41-95)84(121)107-72(48-57(11)12)87(124)105-68(76(98)113)44-53(3)4/h52-75H,19-51,91-97H2,1-18H3,(H2,98,113)(H,99,116)(H,100,114)(H,101,115)(H,102,117)(H,103,122)(H,104,123)(H,105,124)(H,106,125)(H,107,121)(H,108,119)(H,109,118)(H,110,120)(H,111,126)(H,112,127)/t61-,62-,63-,64-,65-,66-,67-,68-,69-,70-,71-,72-,73-,74-,75-/m0/s1. The zero-order chi connectivity index (χ0) is 96.8. The zero-order valence-corrected chi connectivity index (χ0v) is 80.4. The van der Waals surface area contributed by atoms with Crippen LogP contribution in [0.2, 0.25) is 0 Å². The average molecular weight is 1800 g/mol. The van der Waals surface area contributed by atoms with Gasteiger partial charge in [-0.05, 0) is 259 Å². The first-order valence-electron chi connectivity index (χ1n) is 47.2. The summed E-state index contributed by atoms with van der Waals surface area (Å²) < 4.78 is 0. The van der Waals surface area contributed by atoms with Gasteiger partial charge < -0.3 is 120 Å². The molecule has 0 aromatic rings. The lowest BCUT2D eigenvalue weighted by Crippen LogP contribution is -2.61. The molecule has 0 rings (SSSR count). The number of nitrogens with two attached hydrogens (primary N) is 8. The highest BCUT2D eigenvalue weighted by Crippen LogP contribution is 2.19. The first-order valence-corrected chi connectivity index (χ1v) is 47.2. The molecule has 37 heteroatoms. The summed E-state index contributed by atoms with van der Waals surface area (Å²) in [6.07, 6.45) is 7.67. The van der Waals surface area contributed by atoms with Crippen molar-refractivity contribution in [2.24, 2.45) is 99.1 Å². The molecular formula is C90H174N22O15. The fourth-order valence-electron chi connectivity index (χ4n) is 14.6. The second-order valence-corrected chi connectivity index (χ2v) is 38.3. The van der Waals surface area contributed by atoms with E-state index in [0.717, 1.165) is 0 Å². The maximum Gasteiger partial charge on any atom is 0.243 e. The number of hydrogen-bond donors (Lipinski definition) is 22. The Hall–Kier alpha value is -8.23. The molecule has 30 N–H and O–H groups in total. The maximum atomic E-state index is 14.8. The van der Waals surface area contributed by atoms with Crippen molar-refractivity contribution in [2.45, 2.75) is 389 Å². The lowest BCUT2D eigenvalue weighted by atomic mass is 9.98. The minimum atomic E-state index is -1.30. The summed E-state index contributed by atoms with van der Waals surface area (Å²) in [6.45, 7) is 35.2. The SMILES string of the molecule is CC(C)C[C@H](NC(=O)[C@H](CC(C)C)NC(=O)[C@H](CCCCN)NC(=O)[C@H](CC(C)C)NC(=O)[C@H](CC(C)C)NC(=O)[C@H](CCCCN)NC(=O)[C@H](CCCCN)NC(=O)[C@H](CC(C)C)NC(=O)[C@H](CC(C)C)NC(=O)[C@H](CCCCN)NC(=O)[C@@H](N)CCCCNC(=O)[C@H](CC(C)C)NC(=O)[C@H](CC(C)C)NC(=O)[C@H](CCCCN)NC(=O)[C@@H](N)CC(C)C)C(N)=O. The third-order valence-electron chi connectivity index (χ3n) is 21.3. The number of rotatable bonds is 71. The van der Waals surface area contributed by atoms with Gasteiger partial charge in [-0.2, -0.15) is 0 Å². The first-order chi connectivity index (χ1) is 59.6. The summed E-state index contributed by atoms with van der Waals surface area (Å²) in [6, 6.07) is -17.1. The number of hydrogen-bond acceptors (Lipinski definition) is 22. The smallest absolute Gasteiger partial charge is 0.243 e. The van der Waals surface area contributed by atoms with E-state index in [1.165, 1.54) is 0 Å². The van der Waals surface area contributed by atoms with Crippen molar-refractivity contribution in [1.29, 1.82) is 0 Å². The van der Waals surface area contributed by atoms with Gasteiger partial charge in [0, 0.05) is 6.54 Å². The molecule has 0 unspecified atom stereocenters. The number of carbonyl (C=O) groups is 15. The van der Waals surface area contributed by atoms with E-state index in [1.807, 2.05) is 125 Å². The van der Waals surface area contributed by atoms with Crippen LogP contribution in [0.5, 0.6) is 0 Å². The number of primary amides is 1. The van der Waals surface area contributed by atoms with Gasteiger partial charge in [0.15, 0.2) is 0 Å². The summed E-state index contributed by atoms with van der Waals surface area (Å²) in [5.41, 5.74) is 47.7. The highest BCUT2D eigenvalue weighted by Gasteiger charge is 2.39.